The monoisotopic (exact) mass is 1080 g/mol. The van der Waals surface area contributed by atoms with Gasteiger partial charge in [-0.25, -0.2) is 0 Å². The molecule has 11 rings (SSSR count). The van der Waals surface area contributed by atoms with E-state index < -0.39 is 0 Å². The van der Waals surface area contributed by atoms with E-state index >= 15 is 0 Å². The average molecular weight is 1080 g/mol. The van der Waals surface area contributed by atoms with E-state index in [-0.39, 0.29) is 50.7 Å². The normalized spacial score (nSPS) is 23.6. The molecule has 2 N–H and O–H groups in total. The Hall–Kier alpha value is -4.01. The summed E-state index contributed by atoms with van der Waals surface area (Å²) in [6, 6.07) is 15.4. The lowest BCUT2D eigenvalue weighted by molar-refractivity contribution is -0.115. The molecule has 0 aromatic carbocycles. The first-order valence-electron chi connectivity index (χ1n) is 27.5. The van der Waals surface area contributed by atoms with Crippen LogP contribution < -0.4 is 0 Å². The molecule has 11 heterocycles. The molecule has 0 amide bonds. The predicted octanol–water partition coefficient (Wildman–Crippen LogP) is 14.5. The number of carbonyl (C=O) groups is 1. The number of ether oxygens (including phenoxy) is 7. The molecular formula is C62H96ClO13+. The van der Waals surface area contributed by atoms with Gasteiger partial charge in [0.05, 0.1) is 72.5 Å². The number of furan rings is 4. The van der Waals surface area contributed by atoms with Crippen molar-refractivity contribution in [3.8, 4) is 0 Å². The Morgan fingerprint density at radius 3 is 0.776 bits per heavy atom. The predicted molar refractivity (Wildman–Crippen MR) is 300 cm³/mol. The molecule has 6 fully saturated rings. The van der Waals surface area contributed by atoms with Crippen molar-refractivity contribution in [2.24, 2.45) is 16.2 Å². The van der Waals surface area contributed by atoms with Gasteiger partial charge < -0.3 is 56.4 Å². The summed E-state index contributed by atoms with van der Waals surface area (Å²) in [5.74, 6) is 3.84. The fourth-order valence-electron chi connectivity index (χ4n) is 10.6. The number of Topliss-reactive ketones (excluding diaryl/α,β-unsaturated/α-hetero) is 1. The lowest BCUT2D eigenvalue weighted by Gasteiger charge is -2.35. The summed E-state index contributed by atoms with van der Waals surface area (Å²) in [6.45, 7) is 30.8. The molecule has 0 saturated carbocycles. The zero-order valence-electron chi connectivity index (χ0n) is 48.2. The second kappa shape index (κ2) is 32.2. The maximum Gasteiger partial charge on any atom is 0.254 e. The molecule has 428 valence electrons. The van der Waals surface area contributed by atoms with Crippen LogP contribution in [0.15, 0.2) is 110 Å². The molecule has 4 aromatic rings. The van der Waals surface area contributed by atoms with Crippen LogP contribution in [0.2, 0.25) is 0 Å². The molecule has 0 spiro atoms. The summed E-state index contributed by atoms with van der Waals surface area (Å²) >= 11 is 0. The van der Waals surface area contributed by atoms with Gasteiger partial charge in [-0.05, 0) is 167 Å². The Kier molecular flexibility index (Phi) is 28.0. The third-order valence-corrected chi connectivity index (χ3v) is 15.5. The molecule has 14 heteroatoms. The fraction of sp³-hybridized carbons (Fsp3) is 0.661. The van der Waals surface area contributed by atoms with Crippen LogP contribution in [0.3, 0.4) is 0 Å². The highest BCUT2D eigenvalue weighted by atomic mass is 35.5. The van der Waals surface area contributed by atoms with Crippen LogP contribution in [0.25, 0.3) is 0 Å². The molecule has 0 unspecified atom stereocenters. The lowest BCUT2D eigenvalue weighted by Crippen LogP contribution is -2.39. The maximum absolute atomic E-state index is 9.44. The second-order valence-electron chi connectivity index (χ2n) is 23.3. The number of rotatable bonds is 10. The maximum atomic E-state index is 9.44. The number of hydrogen-bond acceptors (Lipinski definition) is 12. The van der Waals surface area contributed by atoms with E-state index in [4.69, 9.17) is 46.1 Å². The van der Waals surface area contributed by atoms with Gasteiger partial charge in [0.15, 0.2) is 6.08 Å². The second-order valence-corrected chi connectivity index (χ2v) is 23.3. The van der Waals surface area contributed by atoms with E-state index in [0.717, 1.165) is 62.7 Å². The minimum absolute atomic E-state index is 0. The van der Waals surface area contributed by atoms with Crippen LogP contribution in [0, 0.1) is 22.5 Å². The van der Waals surface area contributed by atoms with Crippen LogP contribution >= 0.6 is 12.4 Å². The van der Waals surface area contributed by atoms with E-state index in [1.165, 1.54) is 90.9 Å². The van der Waals surface area contributed by atoms with E-state index in [9.17, 15) is 4.79 Å². The average Bonchev–Trinajstić information content (AvgIpc) is 4.23. The summed E-state index contributed by atoms with van der Waals surface area (Å²) in [5.41, 5.74) is 0.271. The first-order chi connectivity index (χ1) is 35.3. The van der Waals surface area contributed by atoms with Crippen molar-refractivity contribution in [2.75, 3.05) is 39.6 Å². The van der Waals surface area contributed by atoms with Crippen molar-refractivity contribution in [2.45, 2.75) is 208 Å². The zero-order chi connectivity index (χ0) is 53.7. The van der Waals surface area contributed by atoms with Crippen molar-refractivity contribution in [1.29, 1.82) is 0 Å². The summed E-state index contributed by atoms with van der Waals surface area (Å²) in [6.07, 6.45) is 31.5. The van der Waals surface area contributed by atoms with Gasteiger partial charge in [0.2, 0.25) is 6.26 Å². The summed E-state index contributed by atoms with van der Waals surface area (Å²) < 4.78 is 60.4. The fourth-order valence-corrected chi connectivity index (χ4v) is 10.6. The van der Waals surface area contributed by atoms with Gasteiger partial charge >= 0.3 is 0 Å². The number of hydrogen-bond donors (Lipinski definition) is 0. The Bertz CT molecular complexity index is 1800. The highest BCUT2D eigenvalue weighted by molar-refractivity contribution is 5.85. The third-order valence-electron chi connectivity index (χ3n) is 15.5. The number of halogens is 1. The van der Waals surface area contributed by atoms with Crippen LogP contribution in [0.5, 0.6) is 0 Å². The highest BCUT2D eigenvalue weighted by Crippen LogP contribution is 2.42. The molecule has 0 radical (unpaired) electrons. The Labute approximate surface area is 462 Å². The van der Waals surface area contributed by atoms with Gasteiger partial charge in [0, 0.05) is 55.9 Å². The van der Waals surface area contributed by atoms with Gasteiger partial charge in [0.1, 0.15) is 34.9 Å². The summed E-state index contributed by atoms with van der Waals surface area (Å²) in [5, 5.41) is 0. The van der Waals surface area contributed by atoms with Gasteiger partial charge in [-0.3, -0.25) is 4.74 Å². The molecular weight excluding hydrogens is 988 g/mol. The van der Waals surface area contributed by atoms with Crippen molar-refractivity contribution in [3.05, 3.63) is 121 Å². The Balaban J connectivity index is 0.000000239. The highest BCUT2D eigenvalue weighted by Gasteiger charge is 2.44. The molecule has 0 bridgehead atoms. The quantitative estimate of drug-likeness (QED) is 0.138. The van der Waals surface area contributed by atoms with Crippen molar-refractivity contribution < 1.29 is 61.1 Å². The third kappa shape index (κ3) is 19.4. The minimum Gasteiger partial charge on any atom is -0.468 e. The summed E-state index contributed by atoms with van der Waals surface area (Å²) in [7, 11) is 0. The number of carbonyl (C=O) groups excluding carboxylic acids is 1. The first-order valence-corrected chi connectivity index (χ1v) is 27.5. The molecule has 13 nitrogen and oxygen atoms in total. The molecule has 4 aromatic heterocycles. The molecule has 7 aliphatic heterocycles. The summed E-state index contributed by atoms with van der Waals surface area (Å²) in [4.78, 5) is 9.44. The van der Waals surface area contributed by atoms with Gasteiger partial charge in [-0.2, -0.15) is 0 Å². The van der Waals surface area contributed by atoms with Crippen LogP contribution in [0.4, 0.5) is 0 Å². The zero-order valence-corrected chi connectivity index (χ0v) is 49.0. The molecule has 7 aliphatic rings. The van der Waals surface area contributed by atoms with Crippen LogP contribution in [0.1, 0.15) is 183 Å². The first kappa shape index (κ1) is 66.3. The molecule has 0 aliphatic carbocycles. The van der Waals surface area contributed by atoms with E-state index in [1.807, 2.05) is 48.5 Å². The molecule has 6 atom stereocenters. The topological polar surface area (TPSA) is 166 Å². The Morgan fingerprint density at radius 1 is 0.434 bits per heavy atom. The smallest absolute Gasteiger partial charge is 0.254 e. The van der Waals surface area contributed by atoms with Crippen LogP contribution in [-0.2, 0) is 48.8 Å². The largest absolute Gasteiger partial charge is 0.468 e. The van der Waals surface area contributed by atoms with Gasteiger partial charge in [0.25, 0.3) is 6.26 Å². The van der Waals surface area contributed by atoms with Gasteiger partial charge in [-0.15, -0.1) is 12.4 Å². The van der Waals surface area contributed by atoms with Crippen molar-refractivity contribution in [3.63, 3.8) is 0 Å². The van der Waals surface area contributed by atoms with E-state index in [2.05, 4.69) is 80.2 Å². The standard InChI is InChI=1S/3C11H20O2.2C11H12O2.C4H3O.C3H6O.ClH.H2O/c5*1-11(2,9-5-3-7-12-9)10-6-4-8-13-10;1-2-4-5-3-1;1-3(2)4;;/h3*9-10H,3-8H2,1-2H3;2*3-8H,1-2H3;1-3H;1-2H3;1H;1H2/q;;;;;+1;;;/t9-,10+;2*9-,10-;;;;;;/m.10....../s1. The molecule has 6 saturated heterocycles. The molecule has 76 heavy (non-hydrogen) atoms. The van der Waals surface area contributed by atoms with Crippen molar-refractivity contribution in [1.82, 2.24) is 0 Å². The Morgan fingerprint density at radius 2 is 0.658 bits per heavy atom. The van der Waals surface area contributed by atoms with E-state index in [1.54, 1.807) is 43.5 Å². The number of ketones is 1. The van der Waals surface area contributed by atoms with E-state index in [0.29, 0.717) is 36.6 Å². The lowest BCUT2D eigenvalue weighted by atomic mass is 9.78. The number of allylic oxidation sites excluding steroid dienone is 2. The SMILES string of the molecule is CC(C)([C@@H]1CCCO1)[C@@H]1CCCO1.CC(C)([C@@H]1CCCO1)[C@H]1CCCO1.CC(C)([C@H]1CCCO1)[C@H]1CCCO1.CC(C)(c1ccco1)c1ccco1.CC(C)(c1ccco1)c1ccco1.CC(C)=O.Cl.O.[C+]1=CC=CO1. The van der Waals surface area contributed by atoms with Crippen molar-refractivity contribution >= 4 is 18.2 Å². The minimum atomic E-state index is -0.188. The van der Waals surface area contributed by atoms with Gasteiger partial charge in [-0.1, -0.05) is 41.5 Å². The van der Waals surface area contributed by atoms with Crippen LogP contribution in [-0.4, -0.2) is 87.5 Å².